The molecule has 0 radical (unpaired) electrons. The fourth-order valence-electron chi connectivity index (χ4n) is 0.309. The van der Waals surface area contributed by atoms with Crippen molar-refractivity contribution in [2.75, 3.05) is 0 Å². The van der Waals surface area contributed by atoms with Gasteiger partial charge in [0, 0.05) is 5.54 Å². The minimum Gasteiger partial charge on any atom is -0.294 e. The van der Waals surface area contributed by atoms with Crippen molar-refractivity contribution in [3.8, 4) is 0 Å². The van der Waals surface area contributed by atoms with Crippen molar-refractivity contribution in [2.24, 2.45) is 0 Å². The van der Waals surface area contributed by atoms with Gasteiger partial charge in [-0.05, 0) is 20.3 Å². The summed E-state index contributed by atoms with van der Waals surface area (Å²) in [4.78, 5) is 0. The highest BCUT2D eigenvalue weighted by molar-refractivity contribution is 7.77. The van der Waals surface area contributed by atoms with Gasteiger partial charge >= 0.3 is 0 Å². The molecule has 0 fully saturated rings. The molecule has 0 aromatic rings. The van der Waals surface area contributed by atoms with Crippen molar-refractivity contribution in [1.29, 1.82) is 0 Å². The third kappa shape index (κ3) is 4.57. The first-order valence-corrected chi connectivity index (χ1v) is 3.97. The van der Waals surface area contributed by atoms with E-state index in [-0.39, 0.29) is 5.54 Å². The van der Waals surface area contributed by atoms with Crippen molar-refractivity contribution in [3.63, 3.8) is 0 Å². The van der Waals surface area contributed by atoms with Gasteiger partial charge in [0.15, 0.2) is 0 Å². The fraction of sp³-hybridized carbons (Fsp3) is 1.00. The Bertz CT molecular complexity index is 114. The zero-order valence-corrected chi connectivity index (χ0v) is 6.79. The summed E-state index contributed by atoms with van der Waals surface area (Å²) in [6, 6.07) is 0. The highest BCUT2D eigenvalue weighted by Crippen LogP contribution is 2.06. The van der Waals surface area contributed by atoms with Gasteiger partial charge in [0.25, 0.3) is 0 Å². The molecule has 1 atom stereocenters. The number of rotatable bonds is 3. The summed E-state index contributed by atoms with van der Waals surface area (Å²) in [6.45, 7) is 5.71. The van der Waals surface area contributed by atoms with Crippen molar-refractivity contribution >= 4 is 11.3 Å². The lowest BCUT2D eigenvalue weighted by Crippen LogP contribution is -2.39. The summed E-state index contributed by atoms with van der Waals surface area (Å²) in [6.07, 6.45) is 0.833. The maximum atomic E-state index is 10.2. The average Bonchev–Trinajstić information content (AvgIpc) is 1.63. The molecule has 0 bridgehead atoms. The van der Waals surface area contributed by atoms with Crippen LogP contribution in [0.2, 0.25) is 0 Å². The van der Waals surface area contributed by atoms with E-state index in [0.717, 1.165) is 6.42 Å². The zero-order chi connectivity index (χ0) is 7.49. The summed E-state index contributed by atoms with van der Waals surface area (Å²) in [7, 11) is 0. The standard InChI is InChI=1S/C5H13NO2S/c1-4-5(2,3)6-9(7)8/h6H,4H2,1-3H3,(H,7,8). The van der Waals surface area contributed by atoms with Crippen LogP contribution in [0.15, 0.2) is 0 Å². The molecule has 3 nitrogen and oxygen atoms in total. The van der Waals surface area contributed by atoms with E-state index < -0.39 is 11.3 Å². The number of hydrogen-bond donors (Lipinski definition) is 2. The Hall–Kier alpha value is 0.0700. The van der Waals surface area contributed by atoms with E-state index in [4.69, 9.17) is 4.55 Å². The molecular formula is C5H13NO2S. The van der Waals surface area contributed by atoms with Gasteiger partial charge < -0.3 is 0 Å². The average molecular weight is 151 g/mol. The molecule has 9 heavy (non-hydrogen) atoms. The second kappa shape index (κ2) is 3.29. The van der Waals surface area contributed by atoms with Crippen LogP contribution in [0.5, 0.6) is 0 Å². The van der Waals surface area contributed by atoms with Gasteiger partial charge in [0.1, 0.15) is 0 Å². The predicted octanol–water partition coefficient (Wildman–Crippen LogP) is 0.901. The predicted molar refractivity (Wildman–Crippen MR) is 38.3 cm³/mol. The Morgan fingerprint density at radius 2 is 2.11 bits per heavy atom. The Kier molecular flexibility index (Phi) is 3.32. The Balaban J connectivity index is 3.71. The van der Waals surface area contributed by atoms with Gasteiger partial charge in [-0.15, -0.1) is 0 Å². The van der Waals surface area contributed by atoms with Crippen LogP contribution < -0.4 is 4.72 Å². The topological polar surface area (TPSA) is 49.3 Å². The summed E-state index contributed by atoms with van der Waals surface area (Å²) in [5, 5.41) is 0. The lowest BCUT2D eigenvalue weighted by molar-refractivity contribution is 0.431. The van der Waals surface area contributed by atoms with Gasteiger partial charge in [-0.25, -0.2) is 8.93 Å². The Morgan fingerprint density at radius 1 is 1.67 bits per heavy atom. The zero-order valence-electron chi connectivity index (χ0n) is 5.97. The first-order valence-electron chi connectivity index (χ1n) is 2.86. The first kappa shape index (κ1) is 9.07. The van der Waals surface area contributed by atoms with E-state index in [0.29, 0.717) is 0 Å². The van der Waals surface area contributed by atoms with Crippen molar-refractivity contribution in [2.45, 2.75) is 32.7 Å². The van der Waals surface area contributed by atoms with Crippen molar-refractivity contribution in [1.82, 2.24) is 4.72 Å². The Labute approximate surface area is 58.3 Å². The van der Waals surface area contributed by atoms with Gasteiger partial charge in [0.2, 0.25) is 11.3 Å². The fourth-order valence-corrected chi connectivity index (χ4v) is 0.926. The van der Waals surface area contributed by atoms with E-state index in [9.17, 15) is 4.21 Å². The molecule has 4 heteroatoms. The number of hydrogen-bond acceptors (Lipinski definition) is 1. The van der Waals surface area contributed by atoms with E-state index in [1.807, 2.05) is 20.8 Å². The second-order valence-corrected chi connectivity index (χ2v) is 3.29. The van der Waals surface area contributed by atoms with Crippen LogP contribution in [0, 0.1) is 0 Å². The van der Waals surface area contributed by atoms with Crippen LogP contribution in [0.4, 0.5) is 0 Å². The third-order valence-corrected chi connectivity index (χ3v) is 1.97. The molecule has 0 aromatic carbocycles. The molecule has 1 unspecified atom stereocenters. The molecule has 0 aromatic heterocycles. The van der Waals surface area contributed by atoms with Gasteiger partial charge in [-0.3, -0.25) is 4.55 Å². The maximum absolute atomic E-state index is 10.2. The molecule has 0 amide bonds. The van der Waals surface area contributed by atoms with Crippen molar-refractivity contribution in [3.05, 3.63) is 0 Å². The van der Waals surface area contributed by atoms with E-state index in [2.05, 4.69) is 4.72 Å². The lowest BCUT2D eigenvalue weighted by Gasteiger charge is -2.20. The van der Waals surface area contributed by atoms with E-state index >= 15 is 0 Å². The van der Waals surface area contributed by atoms with Gasteiger partial charge in [0.05, 0.1) is 0 Å². The molecular weight excluding hydrogens is 138 g/mol. The Morgan fingerprint density at radius 3 is 2.22 bits per heavy atom. The first-order chi connectivity index (χ1) is 3.98. The molecule has 56 valence electrons. The van der Waals surface area contributed by atoms with Crippen molar-refractivity contribution < 1.29 is 8.76 Å². The van der Waals surface area contributed by atoms with Crippen LogP contribution >= 0.6 is 0 Å². The maximum Gasteiger partial charge on any atom is 0.232 e. The van der Waals surface area contributed by atoms with Crippen LogP contribution in [0.25, 0.3) is 0 Å². The summed E-state index contributed by atoms with van der Waals surface area (Å²) < 4.78 is 21.1. The smallest absolute Gasteiger partial charge is 0.232 e. The minimum absolute atomic E-state index is 0.236. The van der Waals surface area contributed by atoms with Crippen LogP contribution in [-0.2, 0) is 11.3 Å². The largest absolute Gasteiger partial charge is 0.294 e. The lowest BCUT2D eigenvalue weighted by atomic mass is 10.0. The molecule has 0 saturated heterocycles. The molecule has 0 rings (SSSR count). The summed E-state index contributed by atoms with van der Waals surface area (Å²) >= 11 is -1.88. The summed E-state index contributed by atoms with van der Waals surface area (Å²) in [5.74, 6) is 0. The quantitative estimate of drug-likeness (QED) is 0.589. The number of nitrogens with one attached hydrogen (secondary N) is 1. The van der Waals surface area contributed by atoms with Gasteiger partial charge in [-0.1, -0.05) is 6.92 Å². The SMILES string of the molecule is CCC(C)(C)NS(=O)O. The second-order valence-electron chi connectivity index (χ2n) is 2.59. The van der Waals surface area contributed by atoms with Crippen LogP contribution in [0.1, 0.15) is 27.2 Å². The molecule has 0 aliphatic heterocycles. The third-order valence-electron chi connectivity index (χ3n) is 1.25. The van der Waals surface area contributed by atoms with Crippen LogP contribution in [-0.4, -0.2) is 14.3 Å². The summed E-state index contributed by atoms with van der Waals surface area (Å²) in [5.41, 5.74) is -0.236. The molecule has 0 aliphatic rings. The molecule has 2 N–H and O–H groups in total. The molecule has 0 aliphatic carbocycles. The van der Waals surface area contributed by atoms with Gasteiger partial charge in [-0.2, -0.15) is 0 Å². The molecule has 0 spiro atoms. The van der Waals surface area contributed by atoms with Crippen LogP contribution in [0.3, 0.4) is 0 Å². The van der Waals surface area contributed by atoms with E-state index in [1.165, 1.54) is 0 Å². The highest BCUT2D eigenvalue weighted by Gasteiger charge is 2.15. The molecule has 0 saturated carbocycles. The highest BCUT2D eigenvalue weighted by atomic mass is 32.2. The monoisotopic (exact) mass is 151 g/mol. The van der Waals surface area contributed by atoms with E-state index in [1.54, 1.807) is 0 Å². The normalized spacial score (nSPS) is 15.6. The molecule has 0 heterocycles. The minimum atomic E-state index is -1.88.